The fourth-order valence-electron chi connectivity index (χ4n) is 2.47. The van der Waals surface area contributed by atoms with Crippen LogP contribution in [0.2, 0.25) is 0 Å². The lowest BCUT2D eigenvalue weighted by Gasteiger charge is -2.20. The van der Waals surface area contributed by atoms with Gasteiger partial charge < -0.3 is 10.1 Å². The van der Waals surface area contributed by atoms with Gasteiger partial charge in [0.1, 0.15) is 5.69 Å². The summed E-state index contributed by atoms with van der Waals surface area (Å²) in [6, 6.07) is 11.2. The first kappa shape index (κ1) is 12.8. The monoisotopic (exact) mass is 268 g/mol. The molecule has 4 nitrogen and oxygen atoms in total. The van der Waals surface area contributed by atoms with E-state index < -0.39 is 0 Å². The van der Waals surface area contributed by atoms with Crippen LogP contribution in [-0.2, 0) is 13.0 Å². The molecule has 2 aromatic rings. The number of carbonyl (C=O) groups is 1. The molecule has 0 spiro atoms. The van der Waals surface area contributed by atoms with E-state index in [9.17, 15) is 4.79 Å². The molecule has 4 heteroatoms. The highest BCUT2D eigenvalue weighted by atomic mass is 16.5. The number of nitrogens with zero attached hydrogens (tertiary/aromatic N) is 1. The Hall–Kier alpha value is -2.20. The highest BCUT2D eigenvalue weighted by molar-refractivity contribution is 6.08. The molecule has 0 aliphatic carbocycles. The highest BCUT2D eigenvalue weighted by Crippen LogP contribution is 2.24. The van der Waals surface area contributed by atoms with Crippen molar-refractivity contribution in [2.45, 2.75) is 13.0 Å². The van der Waals surface area contributed by atoms with Gasteiger partial charge in [-0.15, -0.1) is 0 Å². The summed E-state index contributed by atoms with van der Waals surface area (Å²) in [6.07, 6.45) is 0.892. The van der Waals surface area contributed by atoms with E-state index in [1.54, 1.807) is 7.11 Å². The van der Waals surface area contributed by atoms with E-state index in [0.29, 0.717) is 23.7 Å². The van der Waals surface area contributed by atoms with Gasteiger partial charge in [0, 0.05) is 18.2 Å². The van der Waals surface area contributed by atoms with Crippen LogP contribution in [0.25, 0.3) is 0 Å². The van der Waals surface area contributed by atoms with Crippen molar-refractivity contribution in [2.24, 2.45) is 0 Å². The Balaban J connectivity index is 2.10. The number of carbonyl (C=O) groups excluding carboxylic acids is 1. The molecule has 0 saturated carbocycles. The summed E-state index contributed by atoms with van der Waals surface area (Å²) < 4.78 is 5.22. The van der Waals surface area contributed by atoms with E-state index in [1.807, 2.05) is 36.4 Å². The van der Waals surface area contributed by atoms with Gasteiger partial charge in [-0.05, 0) is 24.1 Å². The summed E-state index contributed by atoms with van der Waals surface area (Å²) >= 11 is 0. The predicted octanol–water partition coefficient (Wildman–Crippen LogP) is 1.97. The maximum absolute atomic E-state index is 12.6. The van der Waals surface area contributed by atoms with Gasteiger partial charge in [0.25, 0.3) is 0 Å². The molecule has 2 heterocycles. The highest BCUT2D eigenvalue weighted by Gasteiger charge is 2.21. The molecule has 20 heavy (non-hydrogen) atoms. The van der Waals surface area contributed by atoms with E-state index in [2.05, 4.69) is 10.3 Å². The van der Waals surface area contributed by atoms with Crippen molar-refractivity contribution in [3.8, 4) is 5.88 Å². The maximum atomic E-state index is 12.6. The molecule has 0 bridgehead atoms. The van der Waals surface area contributed by atoms with Gasteiger partial charge >= 0.3 is 0 Å². The minimum absolute atomic E-state index is 0.0514. The number of benzene rings is 1. The molecule has 0 amide bonds. The Bertz CT molecular complexity index is 638. The Morgan fingerprint density at radius 3 is 2.85 bits per heavy atom. The first-order chi connectivity index (χ1) is 9.79. The number of methoxy groups -OCH3 is 1. The zero-order valence-corrected chi connectivity index (χ0v) is 11.3. The van der Waals surface area contributed by atoms with Gasteiger partial charge in [0.05, 0.1) is 7.11 Å². The van der Waals surface area contributed by atoms with Gasteiger partial charge in [-0.2, -0.15) is 0 Å². The van der Waals surface area contributed by atoms with Crippen LogP contribution >= 0.6 is 0 Å². The summed E-state index contributed by atoms with van der Waals surface area (Å²) in [5.74, 6) is 0.453. The lowest BCUT2D eigenvalue weighted by molar-refractivity contribution is 0.103. The fourth-order valence-corrected chi connectivity index (χ4v) is 2.47. The van der Waals surface area contributed by atoms with Gasteiger partial charge in [0.15, 0.2) is 0 Å². The molecule has 3 rings (SSSR count). The van der Waals surface area contributed by atoms with Crippen LogP contribution in [0, 0.1) is 0 Å². The van der Waals surface area contributed by atoms with Gasteiger partial charge in [-0.25, -0.2) is 4.98 Å². The SMILES string of the molecule is COc1cc2c(c(C(=O)c3ccccc3)n1)CNCC2. The number of fused-ring (bicyclic) bond motifs is 1. The van der Waals surface area contributed by atoms with Gasteiger partial charge in [-0.3, -0.25) is 4.79 Å². The van der Waals surface area contributed by atoms with Crippen LogP contribution in [0.1, 0.15) is 27.2 Å². The van der Waals surface area contributed by atoms with E-state index in [0.717, 1.165) is 24.1 Å². The van der Waals surface area contributed by atoms with Crippen molar-refractivity contribution in [3.05, 3.63) is 58.8 Å². The van der Waals surface area contributed by atoms with Crippen molar-refractivity contribution in [3.63, 3.8) is 0 Å². The quantitative estimate of drug-likeness (QED) is 0.865. The van der Waals surface area contributed by atoms with Crippen LogP contribution in [0.15, 0.2) is 36.4 Å². The summed E-state index contributed by atoms with van der Waals surface area (Å²) in [6.45, 7) is 1.60. The average Bonchev–Trinajstić information content (AvgIpc) is 2.54. The third-order valence-corrected chi connectivity index (χ3v) is 3.53. The van der Waals surface area contributed by atoms with Crippen LogP contribution in [0.5, 0.6) is 5.88 Å². The Kier molecular flexibility index (Phi) is 3.48. The van der Waals surface area contributed by atoms with Crippen molar-refractivity contribution in [1.29, 1.82) is 0 Å². The molecule has 1 aliphatic heterocycles. The molecule has 0 radical (unpaired) electrons. The molecule has 0 unspecified atom stereocenters. The topological polar surface area (TPSA) is 51.2 Å². The molecule has 0 fully saturated rings. The lowest BCUT2D eigenvalue weighted by Crippen LogP contribution is -2.26. The fraction of sp³-hybridized carbons (Fsp3) is 0.250. The van der Waals surface area contributed by atoms with Crippen molar-refractivity contribution in [2.75, 3.05) is 13.7 Å². The molecular weight excluding hydrogens is 252 g/mol. The van der Waals surface area contributed by atoms with E-state index in [-0.39, 0.29) is 5.78 Å². The largest absolute Gasteiger partial charge is 0.481 e. The number of hydrogen-bond donors (Lipinski definition) is 1. The summed E-state index contributed by atoms with van der Waals surface area (Å²) in [5.41, 5.74) is 3.29. The van der Waals surface area contributed by atoms with Crippen LogP contribution < -0.4 is 10.1 Å². The molecule has 1 aliphatic rings. The second-order valence-electron chi connectivity index (χ2n) is 4.77. The minimum Gasteiger partial charge on any atom is -0.481 e. The zero-order valence-electron chi connectivity index (χ0n) is 11.3. The van der Waals surface area contributed by atoms with E-state index in [1.165, 1.54) is 0 Å². The Morgan fingerprint density at radius 1 is 1.30 bits per heavy atom. The van der Waals surface area contributed by atoms with Crippen molar-refractivity contribution in [1.82, 2.24) is 10.3 Å². The smallest absolute Gasteiger partial charge is 0.213 e. The van der Waals surface area contributed by atoms with Gasteiger partial charge in [0.2, 0.25) is 11.7 Å². The second-order valence-corrected chi connectivity index (χ2v) is 4.77. The summed E-state index contributed by atoms with van der Waals surface area (Å²) in [7, 11) is 1.58. The molecule has 0 saturated heterocycles. The first-order valence-corrected chi connectivity index (χ1v) is 6.67. The first-order valence-electron chi connectivity index (χ1n) is 6.67. The molecule has 1 aromatic heterocycles. The molecule has 102 valence electrons. The number of nitrogens with one attached hydrogen (secondary N) is 1. The van der Waals surface area contributed by atoms with Crippen LogP contribution in [0.3, 0.4) is 0 Å². The number of ketones is 1. The lowest BCUT2D eigenvalue weighted by atomic mass is 9.96. The second kappa shape index (κ2) is 5.43. The number of hydrogen-bond acceptors (Lipinski definition) is 4. The van der Waals surface area contributed by atoms with Crippen molar-refractivity contribution < 1.29 is 9.53 Å². The zero-order chi connectivity index (χ0) is 13.9. The Labute approximate surface area is 117 Å². The Morgan fingerprint density at radius 2 is 2.10 bits per heavy atom. The summed E-state index contributed by atoms with van der Waals surface area (Å²) in [4.78, 5) is 17.0. The number of aromatic nitrogens is 1. The predicted molar refractivity (Wildman–Crippen MR) is 76.1 cm³/mol. The molecule has 0 atom stereocenters. The minimum atomic E-state index is -0.0514. The third-order valence-electron chi connectivity index (χ3n) is 3.53. The third kappa shape index (κ3) is 2.30. The number of pyridine rings is 1. The van der Waals surface area contributed by atoms with Gasteiger partial charge in [-0.1, -0.05) is 30.3 Å². The van der Waals surface area contributed by atoms with E-state index >= 15 is 0 Å². The maximum Gasteiger partial charge on any atom is 0.213 e. The normalized spacial score (nSPS) is 13.7. The standard InChI is InChI=1S/C16H16N2O2/c1-20-14-9-12-7-8-17-10-13(12)15(18-14)16(19)11-5-3-2-4-6-11/h2-6,9,17H,7-8,10H2,1H3. The van der Waals surface area contributed by atoms with Crippen LogP contribution in [0.4, 0.5) is 0 Å². The van der Waals surface area contributed by atoms with Crippen LogP contribution in [-0.4, -0.2) is 24.4 Å². The molecule has 1 aromatic carbocycles. The molecular formula is C16H16N2O2. The summed E-state index contributed by atoms with van der Waals surface area (Å²) in [5, 5.41) is 3.29. The van der Waals surface area contributed by atoms with E-state index in [4.69, 9.17) is 4.74 Å². The molecule has 1 N–H and O–H groups in total. The number of ether oxygens (including phenoxy) is 1. The van der Waals surface area contributed by atoms with Crippen molar-refractivity contribution >= 4 is 5.78 Å². The average molecular weight is 268 g/mol. The number of rotatable bonds is 3.